The number of benzene rings is 1. The van der Waals surface area contributed by atoms with E-state index in [1.165, 1.54) is 0 Å². The van der Waals surface area contributed by atoms with Crippen LogP contribution in [0.4, 0.5) is 0 Å². The van der Waals surface area contributed by atoms with Crippen LogP contribution >= 0.6 is 0 Å². The summed E-state index contributed by atoms with van der Waals surface area (Å²) in [7, 11) is 0. The Morgan fingerprint density at radius 3 is 2.48 bits per heavy atom. The smallest absolute Gasteiger partial charge is 0.355 e. The Morgan fingerprint density at radius 2 is 1.90 bits per heavy atom. The molecule has 1 N–H and O–H groups in total. The Labute approximate surface area is 121 Å². The van der Waals surface area contributed by atoms with Crippen molar-refractivity contribution in [3.63, 3.8) is 0 Å². The number of carbonyl (C=O) groups excluding carboxylic acids is 3. The van der Waals surface area contributed by atoms with E-state index in [2.05, 4.69) is 4.98 Å². The van der Waals surface area contributed by atoms with Crippen molar-refractivity contribution in [2.75, 3.05) is 6.61 Å². The number of hydrogen-bond donors (Lipinski definition) is 1. The van der Waals surface area contributed by atoms with Crippen LogP contribution in [-0.2, 0) is 4.74 Å². The van der Waals surface area contributed by atoms with Gasteiger partial charge in [-0.25, -0.2) is 4.79 Å². The van der Waals surface area contributed by atoms with Crippen molar-refractivity contribution in [1.29, 1.82) is 0 Å². The molecule has 0 aliphatic carbocycles. The maximum Gasteiger partial charge on any atom is 0.355 e. The van der Waals surface area contributed by atoms with Crippen molar-refractivity contribution in [3.05, 3.63) is 58.4 Å². The molecule has 0 bridgehead atoms. The second-order valence-electron chi connectivity index (χ2n) is 4.45. The SMILES string of the molecule is CCOC(=O)c1[nH]c(C=O)c(C(=O)c2ccccc2)c1C. The van der Waals surface area contributed by atoms with Crippen molar-refractivity contribution in [2.24, 2.45) is 0 Å². The molecule has 0 unspecified atom stereocenters. The first-order valence-electron chi connectivity index (χ1n) is 6.54. The molecule has 1 heterocycles. The van der Waals surface area contributed by atoms with Gasteiger partial charge in [-0.2, -0.15) is 0 Å². The number of rotatable bonds is 5. The number of carbonyl (C=O) groups is 3. The van der Waals surface area contributed by atoms with Crippen molar-refractivity contribution in [1.82, 2.24) is 4.98 Å². The second-order valence-corrected chi connectivity index (χ2v) is 4.45. The molecule has 0 saturated carbocycles. The first-order chi connectivity index (χ1) is 10.1. The third-order valence-electron chi connectivity index (χ3n) is 3.14. The van der Waals surface area contributed by atoms with Crippen LogP contribution in [0.15, 0.2) is 30.3 Å². The van der Waals surface area contributed by atoms with Gasteiger partial charge in [0.05, 0.1) is 17.9 Å². The van der Waals surface area contributed by atoms with Crippen molar-refractivity contribution < 1.29 is 19.1 Å². The number of H-pyrrole nitrogens is 1. The number of esters is 1. The maximum absolute atomic E-state index is 12.5. The Bertz CT molecular complexity index is 686. The molecule has 0 amide bonds. The van der Waals surface area contributed by atoms with Crippen LogP contribution in [-0.4, -0.2) is 29.6 Å². The zero-order valence-electron chi connectivity index (χ0n) is 11.8. The van der Waals surface area contributed by atoms with E-state index in [0.29, 0.717) is 17.4 Å². The quantitative estimate of drug-likeness (QED) is 0.520. The van der Waals surface area contributed by atoms with E-state index in [9.17, 15) is 14.4 Å². The molecule has 2 rings (SSSR count). The lowest BCUT2D eigenvalue weighted by Gasteiger charge is -2.02. The van der Waals surface area contributed by atoms with E-state index in [4.69, 9.17) is 4.74 Å². The molecule has 1 aromatic carbocycles. The fraction of sp³-hybridized carbons (Fsp3) is 0.188. The van der Waals surface area contributed by atoms with Gasteiger partial charge in [-0.3, -0.25) is 9.59 Å². The molecule has 1 aromatic heterocycles. The summed E-state index contributed by atoms with van der Waals surface area (Å²) in [5, 5.41) is 0. The summed E-state index contributed by atoms with van der Waals surface area (Å²) < 4.78 is 4.91. The molecule has 5 heteroatoms. The number of aromatic amines is 1. The van der Waals surface area contributed by atoms with Crippen LogP contribution in [0, 0.1) is 6.92 Å². The number of aromatic nitrogens is 1. The highest BCUT2D eigenvalue weighted by Gasteiger charge is 2.24. The Balaban J connectivity index is 2.51. The third kappa shape index (κ3) is 2.76. The normalized spacial score (nSPS) is 10.2. The maximum atomic E-state index is 12.5. The van der Waals surface area contributed by atoms with Gasteiger partial charge in [0, 0.05) is 5.56 Å². The van der Waals surface area contributed by atoms with Crippen LogP contribution in [0.1, 0.15) is 49.4 Å². The van der Waals surface area contributed by atoms with Crippen LogP contribution in [0.3, 0.4) is 0 Å². The molecule has 5 nitrogen and oxygen atoms in total. The van der Waals surface area contributed by atoms with Crippen LogP contribution in [0.25, 0.3) is 0 Å². The van der Waals surface area contributed by atoms with E-state index in [1.807, 2.05) is 0 Å². The van der Waals surface area contributed by atoms with Gasteiger partial charge in [-0.1, -0.05) is 30.3 Å². The summed E-state index contributed by atoms with van der Waals surface area (Å²) in [6.45, 7) is 3.52. The van der Waals surface area contributed by atoms with E-state index >= 15 is 0 Å². The standard InChI is InChI=1S/C16H15NO4/c1-3-21-16(20)14-10(2)13(12(9-18)17-14)15(19)11-7-5-4-6-8-11/h4-9,17H,3H2,1-2H3. The zero-order valence-corrected chi connectivity index (χ0v) is 11.8. The highest BCUT2D eigenvalue weighted by atomic mass is 16.5. The summed E-state index contributed by atoms with van der Waals surface area (Å²) in [6.07, 6.45) is 0.534. The second kappa shape index (κ2) is 6.17. The Morgan fingerprint density at radius 1 is 1.24 bits per heavy atom. The summed E-state index contributed by atoms with van der Waals surface area (Å²) in [6, 6.07) is 8.59. The molecule has 0 radical (unpaired) electrons. The van der Waals surface area contributed by atoms with Gasteiger partial charge in [0.2, 0.25) is 0 Å². The number of ether oxygens (including phenoxy) is 1. The van der Waals surface area contributed by atoms with Gasteiger partial charge in [-0.05, 0) is 19.4 Å². The predicted molar refractivity (Wildman–Crippen MR) is 76.7 cm³/mol. The number of hydrogen-bond acceptors (Lipinski definition) is 4. The largest absolute Gasteiger partial charge is 0.461 e. The highest BCUT2D eigenvalue weighted by molar-refractivity contribution is 6.14. The number of aldehydes is 1. The van der Waals surface area contributed by atoms with Gasteiger partial charge in [0.25, 0.3) is 0 Å². The Hall–Kier alpha value is -2.69. The predicted octanol–water partition coefficient (Wildman–Crippen LogP) is 2.54. The molecule has 0 saturated heterocycles. The minimum atomic E-state index is -0.579. The van der Waals surface area contributed by atoms with Gasteiger partial charge in [0.15, 0.2) is 12.1 Å². The molecule has 0 aliphatic heterocycles. The van der Waals surface area contributed by atoms with Crippen molar-refractivity contribution in [3.8, 4) is 0 Å². The van der Waals surface area contributed by atoms with E-state index in [0.717, 1.165) is 0 Å². The van der Waals surface area contributed by atoms with Gasteiger partial charge in [-0.15, -0.1) is 0 Å². The average Bonchev–Trinajstić information content (AvgIpc) is 2.84. The molecule has 0 atom stereocenters. The minimum Gasteiger partial charge on any atom is -0.461 e. The lowest BCUT2D eigenvalue weighted by molar-refractivity contribution is 0.0519. The molecular formula is C16H15NO4. The molecule has 108 valence electrons. The number of ketones is 1. The third-order valence-corrected chi connectivity index (χ3v) is 3.14. The molecular weight excluding hydrogens is 270 g/mol. The lowest BCUT2D eigenvalue weighted by Crippen LogP contribution is -2.08. The average molecular weight is 285 g/mol. The van der Waals surface area contributed by atoms with Crippen LogP contribution < -0.4 is 0 Å². The minimum absolute atomic E-state index is 0.0874. The fourth-order valence-electron chi connectivity index (χ4n) is 2.14. The Kier molecular flexibility index (Phi) is 4.33. The van der Waals surface area contributed by atoms with Gasteiger partial charge < -0.3 is 9.72 Å². The van der Waals surface area contributed by atoms with E-state index in [1.54, 1.807) is 44.2 Å². The molecule has 2 aromatic rings. The fourth-order valence-corrected chi connectivity index (χ4v) is 2.14. The first kappa shape index (κ1) is 14.7. The number of nitrogens with one attached hydrogen (secondary N) is 1. The summed E-state index contributed by atoms with van der Waals surface area (Å²) in [4.78, 5) is 38.2. The molecule has 0 fully saturated rings. The van der Waals surface area contributed by atoms with Gasteiger partial charge >= 0.3 is 5.97 Å². The highest BCUT2D eigenvalue weighted by Crippen LogP contribution is 2.21. The molecule has 21 heavy (non-hydrogen) atoms. The monoisotopic (exact) mass is 285 g/mol. The molecule has 0 aliphatic rings. The summed E-state index contributed by atoms with van der Waals surface area (Å²) in [5.74, 6) is -0.882. The summed E-state index contributed by atoms with van der Waals surface area (Å²) >= 11 is 0. The summed E-state index contributed by atoms with van der Waals surface area (Å²) in [5.41, 5.74) is 1.31. The van der Waals surface area contributed by atoms with E-state index in [-0.39, 0.29) is 29.3 Å². The first-order valence-corrected chi connectivity index (χ1v) is 6.54. The van der Waals surface area contributed by atoms with Crippen LogP contribution in [0.2, 0.25) is 0 Å². The molecule has 0 spiro atoms. The van der Waals surface area contributed by atoms with Crippen molar-refractivity contribution in [2.45, 2.75) is 13.8 Å². The van der Waals surface area contributed by atoms with E-state index < -0.39 is 5.97 Å². The van der Waals surface area contributed by atoms with Gasteiger partial charge in [0.1, 0.15) is 5.69 Å². The topological polar surface area (TPSA) is 76.2 Å². The zero-order chi connectivity index (χ0) is 15.4. The van der Waals surface area contributed by atoms with Crippen LogP contribution in [0.5, 0.6) is 0 Å². The lowest BCUT2D eigenvalue weighted by atomic mass is 9.99. The van der Waals surface area contributed by atoms with Crippen molar-refractivity contribution >= 4 is 18.0 Å².